The molecule has 0 radical (unpaired) electrons. The van der Waals surface area contributed by atoms with Crippen molar-refractivity contribution in [1.29, 1.82) is 0 Å². The zero-order valence-corrected chi connectivity index (χ0v) is 18.8. The lowest BCUT2D eigenvalue weighted by Crippen LogP contribution is -2.22. The number of hydrogen-bond acceptors (Lipinski definition) is 4. The van der Waals surface area contributed by atoms with Crippen LogP contribution in [0, 0.1) is 5.82 Å². The van der Waals surface area contributed by atoms with E-state index in [9.17, 15) is 17.6 Å². The SMILES string of the molecule is CCCCn1cc(S(=O)(=O)c2ccc(Cl)cc2)c(=O)c2cc(F)c(N3CCCC3)cc21. The number of halogens is 2. The molecule has 3 aromatic rings. The minimum absolute atomic E-state index is 0.0236. The second-order valence-electron chi connectivity index (χ2n) is 7.84. The van der Waals surface area contributed by atoms with E-state index in [0.717, 1.165) is 38.8 Å². The average molecular weight is 463 g/mol. The maximum Gasteiger partial charge on any atom is 0.211 e. The Labute approximate surface area is 186 Å². The quantitative estimate of drug-likeness (QED) is 0.515. The summed E-state index contributed by atoms with van der Waals surface area (Å²) in [6.07, 6.45) is 5.09. The summed E-state index contributed by atoms with van der Waals surface area (Å²) in [6, 6.07) is 8.55. The maximum absolute atomic E-state index is 15.0. The molecule has 0 aliphatic carbocycles. The number of sulfone groups is 1. The van der Waals surface area contributed by atoms with Crippen molar-refractivity contribution >= 4 is 38.0 Å². The Kier molecular flexibility index (Phi) is 6.08. The third-order valence-corrected chi connectivity index (χ3v) is 7.74. The van der Waals surface area contributed by atoms with Gasteiger partial charge < -0.3 is 9.47 Å². The van der Waals surface area contributed by atoms with E-state index in [1.54, 1.807) is 10.6 Å². The number of hydrogen-bond donors (Lipinski definition) is 0. The molecule has 1 saturated heterocycles. The summed E-state index contributed by atoms with van der Waals surface area (Å²) in [4.78, 5) is 14.8. The summed E-state index contributed by atoms with van der Waals surface area (Å²) >= 11 is 5.88. The molecule has 1 aliphatic rings. The summed E-state index contributed by atoms with van der Waals surface area (Å²) in [5.74, 6) is -0.505. The van der Waals surface area contributed by atoms with E-state index in [2.05, 4.69) is 0 Å². The van der Waals surface area contributed by atoms with Crippen LogP contribution in [0.2, 0.25) is 5.02 Å². The molecule has 1 fully saturated rings. The molecule has 0 atom stereocenters. The fourth-order valence-electron chi connectivity index (χ4n) is 4.02. The van der Waals surface area contributed by atoms with E-state index in [0.29, 0.717) is 22.8 Å². The molecule has 0 N–H and O–H groups in total. The Hall–Kier alpha value is -2.38. The van der Waals surface area contributed by atoms with Crippen LogP contribution in [-0.2, 0) is 16.4 Å². The van der Waals surface area contributed by atoms with Gasteiger partial charge in [0.25, 0.3) is 0 Å². The number of anilines is 1. The Balaban J connectivity index is 1.95. The summed E-state index contributed by atoms with van der Waals surface area (Å²) in [6.45, 7) is 4.10. The molecule has 2 heterocycles. The number of fused-ring (bicyclic) bond motifs is 1. The number of rotatable bonds is 6. The normalized spacial score (nSPS) is 14.5. The van der Waals surface area contributed by atoms with Gasteiger partial charge in [0, 0.05) is 30.9 Å². The maximum atomic E-state index is 15.0. The van der Waals surface area contributed by atoms with Crippen molar-refractivity contribution < 1.29 is 12.8 Å². The van der Waals surface area contributed by atoms with Crippen molar-refractivity contribution in [2.24, 2.45) is 0 Å². The van der Waals surface area contributed by atoms with E-state index in [4.69, 9.17) is 11.6 Å². The van der Waals surface area contributed by atoms with Gasteiger partial charge in [-0.1, -0.05) is 24.9 Å². The van der Waals surface area contributed by atoms with Crippen molar-refractivity contribution in [2.75, 3.05) is 18.0 Å². The van der Waals surface area contributed by atoms with E-state index < -0.39 is 21.1 Å². The highest BCUT2D eigenvalue weighted by Gasteiger charge is 2.25. The van der Waals surface area contributed by atoms with Gasteiger partial charge in [0.15, 0.2) is 0 Å². The highest BCUT2D eigenvalue weighted by Crippen LogP contribution is 2.29. The molecule has 0 amide bonds. The molecule has 5 nitrogen and oxygen atoms in total. The van der Waals surface area contributed by atoms with Gasteiger partial charge in [0.05, 0.1) is 21.5 Å². The van der Waals surface area contributed by atoms with Crippen LogP contribution < -0.4 is 10.3 Å². The topological polar surface area (TPSA) is 59.4 Å². The fraction of sp³-hybridized carbons (Fsp3) is 0.348. The highest BCUT2D eigenvalue weighted by atomic mass is 35.5. The predicted molar refractivity (Wildman–Crippen MR) is 121 cm³/mol. The Morgan fingerprint density at radius 1 is 1.10 bits per heavy atom. The molecule has 2 aromatic carbocycles. The molecule has 0 unspecified atom stereocenters. The van der Waals surface area contributed by atoms with Crippen LogP contribution in [0.4, 0.5) is 10.1 Å². The summed E-state index contributed by atoms with van der Waals surface area (Å²) in [5.41, 5.74) is 0.323. The average Bonchev–Trinajstić information content (AvgIpc) is 3.28. The first-order valence-corrected chi connectivity index (χ1v) is 12.3. The van der Waals surface area contributed by atoms with E-state index in [-0.39, 0.29) is 15.2 Å². The molecule has 0 saturated carbocycles. The van der Waals surface area contributed by atoms with Crippen LogP contribution >= 0.6 is 11.6 Å². The monoisotopic (exact) mass is 462 g/mol. The van der Waals surface area contributed by atoms with Gasteiger partial charge in [0.2, 0.25) is 15.3 Å². The van der Waals surface area contributed by atoms with E-state index in [1.807, 2.05) is 11.8 Å². The van der Waals surface area contributed by atoms with Crippen LogP contribution in [0.15, 0.2) is 57.2 Å². The standard InChI is InChI=1S/C23H24ClFN2O3S/c1-2-3-10-27-15-22(31(29,30)17-8-6-16(24)7-9-17)23(28)18-13-19(25)21(14-20(18)27)26-11-4-5-12-26/h6-9,13-15H,2-5,10-12H2,1H3. The number of nitrogens with zero attached hydrogens (tertiary/aromatic N) is 2. The molecule has 1 aromatic heterocycles. The van der Waals surface area contributed by atoms with E-state index >= 15 is 0 Å². The van der Waals surface area contributed by atoms with Gasteiger partial charge in [-0.15, -0.1) is 0 Å². The summed E-state index contributed by atoms with van der Waals surface area (Å²) < 4.78 is 43.2. The first-order valence-electron chi connectivity index (χ1n) is 10.4. The molecule has 164 valence electrons. The minimum Gasteiger partial charge on any atom is -0.369 e. The number of pyridine rings is 1. The number of benzene rings is 2. The number of unbranched alkanes of at least 4 members (excludes halogenated alkanes) is 1. The molecular formula is C23H24ClFN2O3S. The van der Waals surface area contributed by atoms with Crippen LogP contribution in [0.5, 0.6) is 0 Å². The Morgan fingerprint density at radius 2 is 1.77 bits per heavy atom. The molecule has 0 bridgehead atoms. The zero-order valence-electron chi connectivity index (χ0n) is 17.3. The van der Waals surface area contributed by atoms with Gasteiger partial charge >= 0.3 is 0 Å². The molecule has 0 spiro atoms. The Morgan fingerprint density at radius 3 is 2.42 bits per heavy atom. The molecule has 8 heteroatoms. The van der Waals surface area contributed by atoms with Crippen LogP contribution in [0.3, 0.4) is 0 Å². The Bertz CT molecular complexity index is 1280. The number of aromatic nitrogens is 1. The van der Waals surface area contributed by atoms with Gasteiger partial charge in [-0.05, 0) is 55.7 Å². The minimum atomic E-state index is -4.09. The second kappa shape index (κ2) is 8.63. The van der Waals surface area contributed by atoms with Crippen LogP contribution in [0.25, 0.3) is 10.9 Å². The van der Waals surface area contributed by atoms with Crippen LogP contribution in [-0.4, -0.2) is 26.1 Å². The van der Waals surface area contributed by atoms with Crippen LogP contribution in [0.1, 0.15) is 32.6 Å². The van der Waals surface area contributed by atoms with Crippen molar-refractivity contribution in [3.63, 3.8) is 0 Å². The highest BCUT2D eigenvalue weighted by molar-refractivity contribution is 7.91. The van der Waals surface area contributed by atoms with Crippen molar-refractivity contribution in [3.8, 4) is 0 Å². The third-order valence-electron chi connectivity index (χ3n) is 5.73. The van der Waals surface area contributed by atoms with Gasteiger partial charge in [-0.2, -0.15) is 0 Å². The molecule has 31 heavy (non-hydrogen) atoms. The summed E-state index contributed by atoms with van der Waals surface area (Å²) in [5, 5.41) is 0.473. The number of aryl methyl sites for hydroxylation is 1. The first-order chi connectivity index (χ1) is 14.8. The van der Waals surface area contributed by atoms with E-state index in [1.165, 1.54) is 36.5 Å². The van der Waals surface area contributed by atoms with Gasteiger partial charge in [-0.25, -0.2) is 12.8 Å². The first kappa shape index (κ1) is 21.8. The smallest absolute Gasteiger partial charge is 0.211 e. The predicted octanol–water partition coefficient (Wildman–Crippen LogP) is 5.03. The zero-order chi connectivity index (χ0) is 22.2. The van der Waals surface area contributed by atoms with Crippen molar-refractivity contribution in [3.05, 3.63) is 63.7 Å². The van der Waals surface area contributed by atoms with Crippen molar-refractivity contribution in [1.82, 2.24) is 4.57 Å². The lowest BCUT2D eigenvalue weighted by molar-refractivity contribution is 0.590. The molecule has 1 aliphatic heterocycles. The van der Waals surface area contributed by atoms with Gasteiger partial charge in [-0.3, -0.25) is 4.79 Å². The van der Waals surface area contributed by atoms with Crippen molar-refractivity contribution in [2.45, 2.75) is 48.9 Å². The third kappa shape index (κ3) is 4.08. The fourth-order valence-corrected chi connectivity index (χ4v) is 5.51. The molecule has 4 rings (SSSR count). The molecular weight excluding hydrogens is 439 g/mol. The van der Waals surface area contributed by atoms with Gasteiger partial charge in [0.1, 0.15) is 10.7 Å². The summed E-state index contributed by atoms with van der Waals surface area (Å²) in [7, 11) is -4.09. The lowest BCUT2D eigenvalue weighted by atomic mass is 10.1. The lowest BCUT2D eigenvalue weighted by Gasteiger charge is -2.21. The second-order valence-corrected chi connectivity index (χ2v) is 10.2. The largest absolute Gasteiger partial charge is 0.369 e.